The Kier molecular flexibility index (Phi) is 4.30. The molecule has 0 saturated carbocycles. The quantitative estimate of drug-likeness (QED) is 0.670. The van der Waals surface area contributed by atoms with E-state index in [0.717, 1.165) is 11.3 Å². The highest BCUT2D eigenvalue weighted by molar-refractivity contribution is 5.86. The van der Waals surface area contributed by atoms with Crippen LogP contribution in [0.1, 0.15) is 23.6 Å². The summed E-state index contributed by atoms with van der Waals surface area (Å²) in [7, 11) is 0. The van der Waals surface area contributed by atoms with Gasteiger partial charge in [0, 0.05) is 6.21 Å². The molecule has 96 valence electrons. The topological polar surface area (TPSA) is 12.4 Å². The van der Waals surface area contributed by atoms with Gasteiger partial charge in [-0.25, -0.2) is 0 Å². The second kappa shape index (κ2) is 6.14. The molecule has 0 aliphatic heterocycles. The molecule has 0 atom stereocenters. The van der Waals surface area contributed by atoms with Crippen molar-refractivity contribution in [2.45, 2.75) is 20.8 Å². The number of aliphatic imine (C=N–C) groups is 1. The van der Waals surface area contributed by atoms with Crippen molar-refractivity contribution in [2.24, 2.45) is 4.99 Å². The van der Waals surface area contributed by atoms with Gasteiger partial charge in [0.1, 0.15) is 0 Å². The minimum absolute atomic E-state index is 1.04. The van der Waals surface area contributed by atoms with E-state index in [1.165, 1.54) is 16.7 Å². The first-order chi connectivity index (χ1) is 9.16. The average Bonchev–Trinajstić information content (AvgIpc) is 2.42. The third kappa shape index (κ3) is 3.65. The SMILES string of the molecule is C/C(C=Nc1cccc(C)c1C)=C\c1ccccc1. The Balaban J connectivity index is 2.19. The maximum atomic E-state index is 4.57. The van der Waals surface area contributed by atoms with Crippen LogP contribution < -0.4 is 0 Å². The summed E-state index contributed by atoms with van der Waals surface area (Å²) in [5, 5.41) is 0. The Morgan fingerprint density at radius 2 is 1.68 bits per heavy atom. The van der Waals surface area contributed by atoms with Crippen LogP contribution in [0.2, 0.25) is 0 Å². The molecule has 0 aliphatic carbocycles. The van der Waals surface area contributed by atoms with Crippen molar-refractivity contribution in [1.29, 1.82) is 0 Å². The molecule has 0 saturated heterocycles. The molecule has 0 aromatic heterocycles. The molecule has 0 unspecified atom stereocenters. The van der Waals surface area contributed by atoms with Gasteiger partial charge in [-0.3, -0.25) is 4.99 Å². The first-order valence-corrected chi connectivity index (χ1v) is 6.50. The van der Waals surface area contributed by atoms with Crippen LogP contribution in [0.4, 0.5) is 5.69 Å². The van der Waals surface area contributed by atoms with E-state index >= 15 is 0 Å². The summed E-state index contributed by atoms with van der Waals surface area (Å²) < 4.78 is 0. The highest BCUT2D eigenvalue weighted by atomic mass is 14.7. The van der Waals surface area contributed by atoms with Gasteiger partial charge in [0.15, 0.2) is 0 Å². The third-order valence-corrected chi connectivity index (χ3v) is 3.18. The number of benzene rings is 2. The molecule has 2 aromatic carbocycles. The van der Waals surface area contributed by atoms with Crippen LogP contribution in [0, 0.1) is 13.8 Å². The average molecular weight is 249 g/mol. The van der Waals surface area contributed by atoms with E-state index in [0.29, 0.717) is 0 Å². The normalized spacial score (nSPS) is 12.1. The maximum Gasteiger partial charge on any atom is 0.0661 e. The lowest BCUT2D eigenvalue weighted by molar-refractivity contribution is 1.31. The first-order valence-electron chi connectivity index (χ1n) is 6.50. The van der Waals surface area contributed by atoms with Crippen LogP contribution in [-0.2, 0) is 0 Å². The van der Waals surface area contributed by atoms with E-state index in [-0.39, 0.29) is 0 Å². The molecular weight excluding hydrogens is 230 g/mol. The molecule has 1 nitrogen and oxygen atoms in total. The Morgan fingerprint density at radius 1 is 0.947 bits per heavy atom. The van der Waals surface area contributed by atoms with Gasteiger partial charge in [0.2, 0.25) is 0 Å². The molecule has 19 heavy (non-hydrogen) atoms. The van der Waals surface area contributed by atoms with Gasteiger partial charge in [-0.1, -0.05) is 48.5 Å². The van der Waals surface area contributed by atoms with Crippen LogP contribution in [0.5, 0.6) is 0 Å². The Morgan fingerprint density at radius 3 is 2.42 bits per heavy atom. The van der Waals surface area contributed by atoms with Gasteiger partial charge >= 0.3 is 0 Å². The second-order valence-electron chi connectivity index (χ2n) is 4.78. The Hall–Kier alpha value is -2.15. The van der Waals surface area contributed by atoms with Crippen molar-refractivity contribution < 1.29 is 0 Å². The fourth-order valence-electron chi connectivity index (χ4n) is 1.90. The van der Waals surface area contributed by atoms with Crippen LogP contribution in [0.15, 0.2) is 59.1 Å². The van der Waals surface area contributed by atoms with Gasteiger partial charge in [-0.05, 0) is 49.1 Å². The van der Waals surface area contributed by atoms with Gasteiger partial charge < -0.3 is 0 Å². The molecule has 0 amide bonds. The summed E-state index contributed by atoms with van der Waals surface area (Å²) in [6.45, 7) is 6.29. The molecule has 2 aromatic rings. The Labute approximate surface area is 115 Å². The van der Waals surface area contributed by atoms with Crippen LogP contribution in [-0.4, -0.2) is 6.21 Å². The van der Waals surface area contributed by atoms with Crippen molar-refractivity contribution in [2.75, 3.05) is 0 Å². The smallest absolute Gasteiger partial charge is 0.0661 e. The summed E-state index contributed by atoms with van der Waals surface area (Å²) in [6.07, 6.45) is 4.06. The maximum absolute atomic E-state index is 4.57. The standard InChI is InChI=1S/C18H19N/c1-14(12-17-9-5-4-6-10-17)13-19-18-11-7-8-15(2)16(18)3/h4-13H,1-3H3/b14-12+,19-13?. The van der Waals surface area contributed by atoms with Crippen molar-refractivity contribution in [3.63, 3.8) is 0 Å². The van der Waals surface area contributed by atoms with E-state index in [9.17, 15) is 0 Å². The van der Waals surface area contributed by atoms with E-state index < -0.39 is 0 Å². The number of nitrogens with zero attached hydrogens (tertiary/aromatic N) is 1. The number of hydrogen-bond acceptors (Lipinski definition) is 1. The Bertz CT molecular complexity index is 607. The number of hydrogen-bond donors (Lipinski definition) is 0. The van der Waals surface area contributed by atoms with Crippen LogP contribution in [0.25, 0.3) is 6.08 Å². The fraction of sp³-hybridized carbons (Fsp3) is 0.167. The van der Waals surface area contributed by atoms with Crippen molar-refractivity contribution in [3.05, 3.63) is 70.8 Å². The third-order valence-electron chi connectivity index (χ3n) is 3.18. The summed E-state index contributed by atoms with van der Waals surface area (Å²) in [4.78, 5) is 4.57. The summed E-state index contributed by atoms with van der Waals surface area (Å²) in [5.74, 6) is 0. The molecule has 0 N–H and O–H groups in total. The predicted octanol–water partition coefficient (Wildman–Crippen LogP) is 5.11. The molecular formula is C18H19N. The van der Waals surface area contributed by atoms with Crippen molar-refractivity contribution in [1.82, 2.24) is 0 Å². The predicted molar refractivity (Wildman–Crippen MR) is 84.2 cm³/mol. The molecule has 0 aliphatic rings. The second-order valence-corrected chi connectivity index (χ2v) is 4.78. The van der Waals surface area contributed by atoms with E-state index in [1.54, 1.807) is 0 Å². The zero-order valence-corrected chi connectivity index (χ0v) is 11.7. The number of aryl methyl sites for hydroxylation is 1. The largest absolute Gasteiger partial charge is 0.256 e. The summed E-state index contributed by atoms with van der Waals surface area (Å²) >= 11 is 0. The lowest BCUT2D eigenvalue weighted by Crippen LogP contribution is -1.83. The molecule has 0 radical (unpaired) electrons. The van der Waals surface area contributed by atoms with E-state index in [4.69, 9.17) is 0 Å². The molecule has 1 heteroatoms. The minimum atomic E-state index is 1.04. The molecule has 0 fully saturated rings. The van der Waals surface area contributed by atoms with Crippen molar-refractivity contribution >= 4 is 18.0 Å². The zero-order chi connectivity index (χ0) is 13.7. The van der Waals surface area contributed by atoms with Gasteiger partial charge in [0.05, 0.1) is 5.69 Å². The molecule has 0 bridgehead atoms. The summed E-state index contributed by atoms with van der Waals surface area (Å²) in [6, 6.07) is 16.5. The van der Waals surface area contributed by atoms with Gasteiger partial charge in [-0.15, -0.1) is 0 Å². The van der Waals surface area contributed by atoms with E-state index in [2.05, 4.69) is 56.1 Å². The number of rotatable bonds is 3. The minimum Gasteiger partial charge on any atom is -0.256 e. The molecule has 0 spiro atoms. The van der Waals surface area contributed by atoms with Crippen LogP contribution >= 0.6 is 0 Å². The zero-order valence-electron chi connectivity index (χ0n) is 11.7. The lowest BCUT2D eigenvalue weighted by Gasteiger charge is -2.03. The molecule has 2 rings (SSSR count). The first kappa shape index (κ1) is 13.3. The molecule has 0 heterocycles. The van der Waals surface area contributed by atoms with Crippen LogP contribution in [0.3, 0.4) is 0 Å². The summed E-state index contributed by atoms with van der Waals surface area (Å²) in [5.41, 5.74) is 5.91. The van der Waals surface area contributed by atoms with Gasteiger partial charge in [0.25, 0.3) is 0 Å². The monoisotopic (exact) mass is 249 g/mol. The lowest BCUT2D eigenvalue weighted by atomic mass is 10.1. The van der Waals surface area contributed by atoms with Crippen molar-refractivity contribution in [3.8, 4) is 0 Å². The van der Waals surface area contributed by atoms with Gasteiger partial charge in [-0.2, -0.15) is 0 Å². The fourth-order valence-corrected chi connectivity index (χ4v) is 1.90. The highest BCUT2D eigenvalue weighted by Crippen LogP contribution is 2.21. The highest BCUT2D eigenvalue weighted by Gasteiger charge is 1.97. The van der Waals surface area contributed by atoms with E-state index in [1.807, 2.05) is 30.5 Å². The number of allylic oxidation sites excluding steroid dienone is 1.